The number of benzene rings is 10. The maximum atomic E-state index is 10.2. The van der Waals surface area contributed by atoms with E-state index in [-0.39, 0.29) is 16.2 Å². The Morgan fingerprint density at radius 2 is 0.815 bits per heavy atom. The van der Waals surface area contributed by atoms with Gasteiger partial charge in [-0.05, 0) is 107 Å². The number of para-hydroxylation sites is 1. The Bertz CT molecular complexity index is 5180. The molecule has 10 aromatic carbocycles. The molecule has 250 valence electrons. The Morgan fingerprint density at radius 3 is 1.54 bits per heavy atom. The first-order chi connectivity index (χ1) is 38.9. The molecule has 2 nitrogen and oxygen atoms in total. The van der Waals surface area contributed by atoms with Crippen LogP contribution in [0.5, 0.6) is 0 Å². The van der Waals surface area contributed by atoms with Crippen molar-refractivity contribution in [3.05, 3.63) is 181 Å². The van der Waals surface area contributed by atoms with Gasteiger partial charge in [-0.1, -0.05) is 151 Å². The average molecular weight is 716 g/mol. The van der Waals surface area contributed by atoms with E-state index in [9.17, 15) is 13.7 Å². The third-order valence-electron chi connectivity index (χ3n) is 9.37. The molecule has 0 spiro atoms. The van der Waals surface area contributed by atoms with Crippen molar-refractivity contribution in [3.63, 3.8) is 0 Å². The minimum atomic E-state index is -1.05. The third-order valence-corrected chi connectivity index (χ3v) is 9.37. The van der Waals surface area contributed by atoms with Crippen molar-refractivity contribution in [2.24, 2.45) is 0 Å². The summed E-state index contributed by atoms with van der Waals surface area (Å²) in [4.78, 5) is 0. The van der Waals surface area contributed by atoms with Crippen LogP contribution in [0.25, 0.3) is 120 Å². The van der Waals surface area contributed by atoms with Crippen LogP contribution in [0.15, 0.2) is 190 Å². The summed E-state index contributed by atoms with van der Waals surface area (Å²) in [7, 11) is 0. The fourth-order valence-electron chi connectivity index (χ4n) is 7.15. The Labute approximate surface area is 350 Å². The molecule has 2 heterocycles. The lowest BCUT2D eigenvalue weighted by Gasteiger charge is -2.20. The molecule has 2 heteroatoms. The van der Waals surface area contributed by atoms with Crippen molar-refractivity contribution in [2.75, 3.05) is 0 Å². The molecular formula is C52H30O2. The first kappa shape index (κ1) is 13.1. The van der Waals surface area contributed by atoms with Gasteiger partial charge in [0, 0.05) is 16.2 Å². The molecule has 12 aromatic rings. The van der Waals surface area contributed by atoms with Crippen molar-refractivity contribution in [1.82, 2.24) is 0 Å². The van der Waals surface area contributed by atoms with Gasteiger partial charge in [0.2, 0.25) is 0 Å². The molecule has 54 heavy (non-hydrogen) atoms. The molecule has 0 saturated heterocycles. The predicted molar refractivity (Wildman–Crippen MR) is 227 cm³/mol. The van der Waals surface area contributed by atoms with Gasteiger partial charge in [0.05, 0.1) is 45.1 Å². The van der Waals surface area contributed by atoms with Gasteiger partial charge in [-0.3, -0.25) is 0 Å². The minimum absolute atomic E-state index is 0.352. The normalized spacial score (nSPS) is 19.6. The minimum Gasteiger partial charge on any atom is -0.456 e. The average Bonchev–Trinajstić information content (AvgIpc) is 2.09. The summed E-state index contributed by atoms with van der Waals surface area (Å²) in [6, 6.07) is -25.0. The van der Waals surface area contributed by atoms with Gasteiger partial charge in [-0.2, -0.15) is 0 Å². The van der Waals surface area contributed by atoms with E-state index >= 15 is 0 Å². The molecule has 2 aromatic heterocycles. The second kappa shape index (κ2) is 11.2. The first-order valence-corrected chi connectivity index (χ1v) is 16.1. The summed E-state index contributed by atoms with van der Waals surface area (Å²) in [6.45, 7) is 0. The van der Waals surface area contributed by atoms with E-state index < -0.39 is 279 Å². The van der Waals surface area contributed by atoms with E-state index in [4.69, 9.17) is 34.9 Å². The van der Waals surface area contributed by atoms with Gasteiger partial charge in [0.15, 0.2) is 0 Å². The summed E-state index contributed by atoms with van der Waals surface area (Å²) in [5.41, 5.74) is -6.18. The van der Waals surface area contributed by atoms with Gasteiger partial charge >= 0.3 is 0 Å². The highest BCUT2D eigenvalue weighted by molar-refractivity contribution is 6.28. The summed E-state index contributed by atoms with van der Waals surface area (Å²) >= 11 is 0. The number of hydrogen-bond acceptors (Lipinski definition) is 2. The van der Waals surface area contributed by atoms with Crippen LogP contribution in [0.2, 0.25) is 0 Å². The van der Waals surface area contributed by atoms with Crippen molar-refractivity contribution >= 4 is 87.0 Å². The fourth-order valence-corrected chi connectivity index (χ4v) is 7.15. The molecule has 0 amide bonds. The van der Waals surface area contributed by atoms with Crippen LogP contribution in [0, 0.1) is 0 Å². The van der Waals surface area contributed by atoms with Gasteiger partial charge in [-0.25, -0.2) is 0 Å². The van der Waals surface area contributed by atoms with Crippen LogP contribution in [0.3, 0.4) is 0 Å². The van der Waals surface area contributed by atoms with Gasteiger partial charge in [-0.15, -0.1) is 0 Å². The molecule has 0 saturated carbocycles. The van der Waals surface area contributed by atoms with Gasteiger partial charge in [0.25, 0.3) is 0 Å². The fraction of sp³-hybridized carbons (Fsp3) is 0. The monoisotopic (exact) mass is 715 g/mol. The molecule has 0 unspecified atom stereocenters. The quantitative estimate of drug-likeness (QED) is 0.170. The third kappa shape index (κ3) is 4.11. The second-order valence-corrected chi connectivity index (χ2v) is 12.1. The summed E-state index contributed by atoms with van der Waals surface area (Å²) in [5, 5.41) is -6.96. The molecule has 12 rings (SSSR count). The van der Waals surface area contributed by atoms with E-state index in [2.05, 4.69) is 0 Å². The van der Waals surface area contributed by atoms with Crippen LogP contribution in [-0.4, -0.2) is 0 Å². The Balaban J connectivity index is 1.44. The Morgan fingerprint density at radius 1 is 0.315 bits per heavy atom. The second-order valence-electron chi connectivity index (χ2n) is 12.1. The predicted octanol–water partition coefficient (Wildman–Crippen LogP) is 15.1. The summed E-state index contributed by atoms with van der Waals surface area (Å²) in [5.74, 6) is 0. The lowest BCUT2D eigenvalue weighted by Crippen LogP contribution is -1.93. The van der Waals surface area contributed by atoms with E-state index in [1.807, 2.05) is 0 Å². The van der Waals surface area contributed by atoms with Crippen LogP contribution in [0.1, 0.15) is 39.8 Å². The summed E-state index contributed by atoms with van der Waals surface area (Å²) < 4.78 is 277. The van der Waals surface area contributed by atoms with Gasteiger partial charge in [0.1, 0.15) is 22.3 Å². The number of rotatable bonds is 3. The largest absolute Gasteiger partial charge is 0.456 e. The Hall–Kier alpha value is -7.16. The lowest BCUT2D eigenvalue weighted by atomic mass is 9.82. The number of furan rings is 2. The van der Waals surface area contributed by atoms with Crippen LogP contribution in [0.4, 0.5) is 0 Å². The number of hydrogen-bond donors (Lipinski definition) is 0. The van der Waals surface area contributed by atoms with E-state index in [0.717, 1.165) is 6.07 Å². The zero-order valence-electron chi connectivity index (χ0n) is 55.9. The van der Waals surface area contributed by atoms with E-state index in [1.165, 1.54) is 0 Å². The molecule has 0 aliphatic heterocycles. The first-order valence-electron chi connectivity index (χ1n) is 30.6. The molecule has 0 bridgehead atoms. The maximum Gasteiger partial charge on any atom is 0.147 e. The Kier molecular flexibility index (Phi) is 2.70. The number of fused-ring (bicyclic) bond motifs is 11. The molecule has 0 radical (unpaired) electrons. The smallest absolute Gasteiger partial charge is 0.147 e. The van der Waals surface area contributed by atoms with E-state index in [0.29, 0.717) is 0 Å². The topological polar surface area (TPSA) is 26.3 Å². The molecule has 0 aliphatic carbocycles. The molecular weight excluding hydrogens is 657 g/mol. The molecule has 0 atom stereocenters. The van der Waals surface area contributed by atoms with Crippen molar-refractivity contribution in [1.29, 1.82) is 0 Å². The van der Waals surface area contributed by atoms with Crippen LogP contribution < -0.4 is 0 Å². The highest BCUT2D eigenvalue weighted by Crippen LogP contribution is 2.49. The van der Waals surface area contributed by atoms with Crippen LogP contribution >= 0.6 is 0 Å². The van der Waals surface area contributed by atoms with Gasteiger partial charge < -0.3 is 8.83 Å². The van der Waals surface area contributed by atoms with Crippen molar-refractivity contribution < 1.29 is 48.6 Å². The maximum absolute atomic E-state index is 10.2. The van der Waals surface area contributed by atoms with Crippen molar-refractivity contribution in [3.8, 4) is 33.4 Å². The van der Waals surface area contributed by atoms with Crippen LogP contribution in [-0.2, 0) is 0 Å². The molecule has 0 fully saturated rings. The SMILES string of the molecule is [2H]c1c([2H])c([2H])c2c(oc3c2c([2H])c([2H])c2oc4c([2H])c([2H])c([2H])c(-c5cc6c(-c7c([2H])c([2H])c([2H])c8c([2H])c([2H])c([2H])c([2H])c78)c7c([2H])c([2H])c([2H])c([2H])c7c(-c7c([2H])c([2H])c([2H])c8c([2H])c([2H])c([2H])c([2H])c78)c6c([2H])c5[2H])c4c23)c1[2H]. The standard InChI is InChI=1S/C52H30O2/c1-3-16-34-31(12-1)14-9-22-38(34)48-40-19-5-6-20-41(40)49(39-23-10-15-32-13-2-4-17-35(32)39)44-30-33(26-27-42(44)48)36-21-11-25-46-50(36)51-47(53-46)29-28-43-37-18-7-8-24-45(37)54-52(43)51/h1-30H/i1D,2D,3D,4D,5D,6D,7D,8D,9D,10D,11D,12D,13D,14D,15D,16D,17D,18D,19D,20D,21D,22D,23D,24D,25D,26D,27D,28D,29D. The highest BCUT2D eigenvalue weighted by atomic mass is 16.3. The molecule has 0 aliphatic rings. The lowest BCUT2D eigenvalue weighted by molar-refractivity contribution is 0.663. The summed E-state index contributed by atoms with van der Waals surface area (Å²) in [6.07, 6.45) is 0. The highest BCUT2D eigenvalue weighted by Gasteiger charge is 2.22. The van der Waals surface area contributed by atoms with E-state index in [1.54, 1.807) is 0 Å². The zero-order valence-corrected chi connectivity index (χ0v) is 26.9. The molecule has 0 N–H and O–H groups in total. The van der Waals surface area contributed by atoms with Crippen molar-refractivity contribution in [2.45, 2.75) is 0 Å². The zero-order chi connectivity index (χ0) is 60.6.